The molecule has 0 aromatic heterocycles. The Morgan fingerprint density at radius 2 is 1.91 bits per heavy atom. The molecular weight excluding hydrogens is 288 g/mol. The molecule has 22 heavy (non-hydrogen) atoms. The van der Waals surface area contributed by atoms with Crippen molar-refractivity contribution in [3.05, 3.63) is 16.7 Å². The van der Waals surface area contributed by atoms with E-state index in [9.17, 15) is 15.0 Å². The van der Waals surface area contributed by atoms with Gasteiger partial charge in [-0.25, -0.2) is 4.79 Å². The van der Waals surface area contributed by atoms with E-state index >= 15 is 0 Å². The number of cyclic esters (lactones) is 1. The molecule has 2 atom stereocenters. The Labute approximate surface area is 128 Å². The number of rotatable bonds is 1. The molecule has 0 unspecified atom stereocenters. The number of phenols is 2. The fourth-order valence-corrected chi connectivity index (χ4v) is 3.24. The van der Waals surface area contributed by atoms with Gasteiger partial charge in [-0.15, -0.1) is 0 Å². The van der Waals surface area contributed by atoms with Crippen molar-refractivity contribution in [2.45, 2.75) is 51.4 Å². The van der Waals surface area contributed by atoms with Gasteiger partial charge in [0.15, 0.2) is 17.6 Å². The Hall–Kier alpha value is -1.95. The molecule has 0 fully saturated rings. The van der Waals surface area contributed by atoms with E-state index in [0.29, 0.717) is 23.1 Å². The topological polar surface area (TPSA) is 85.2 Å². The highest BCUT2D eigenvalue weighted by Crippen LogP contribution is 2.54. The molecule has 0 spiro atoms. The number of esters is 1. The van der Waals surface area contributed by atoms with Crippen molar-refractivity contribution in [1.29, 1.82) is 0 Å². The molecule has 2 aliphatic heterocycles. The molecule has 0 saturated carbocycles. The van der Waals surface area contributed by atoms with E-state index in [2.05, 4.69) is 0 Å². The predicted molar refractivity (Wildman–Crippen MR) is 77.1 cm³/mol. The van der Waals surface area contributed by atoms with Crippen LogP contribution < -0.4 is 4.74 Å². The summed E-state index contributed by atoms with van der Waals surface area (Å²) in [6.07, 6.45) is -0.217. The zero-order valence-electron chi connectivity index (χ0n) is 13.1. The number of phenolic OH excluding ortho intramolecular Hbond substituents is 2. The first kappa shape index (κ1) is 15.0. The molecule has 0 bridgehead atoms. The highest BCUT2D eigenvalue weighted by molar-refractivity contribution is 5.82. The summed E-state index contributed by atoms with van der Waals surface area (Å²) in [5.74, 6) is -0.884. The Morgan fingerprint density at radius 3 is 2.55 bits per heavy atom. The quantitative estimate of drug-likeness (QED) is 0.612. The largest absolute Gasteiger partial charge is 0.504 e. The van der Waals surface area contributed by atoms with Gasteiger partial charge in [0.2, 0.25) is 5.75 Å². The van der Waals surface area contributed by atoms with Crippen molar-refractivity contribution in [1.82, 2.24) is 0 Å². The molecule has 2 N–H and O–H groups in total. The summed E-state index contributed by atoms with van der Waals surface area (Å²) in [6, 6.07) is 0. The Bertz CT molecular complexity index is 649. The van der Waals surface area contributed by atoms with Gasteiger partial charge in [0, 0.05) is 23.8 Å². The average Bonchev–Trinajstić information content (AvgIpc) is 2.43. The van der Waals surface area contributed by atoms with Gasteiger partial charge >= 0.3 is 5.97 Å². The lowest BCUT2D eigenvalue weighted by molar-refractivity contribution is -0.164. The van der Waals surface area contributed by atoms with Crippen molar-refractivity contribution >= 4 is 5.97 Å². The van der Waals surface area contributed by atoms with Crippen molar-refractivity contribution < 1.29 is 29.2 Å². The zero-order chi connectivity index (χ0) is 16.2. The van der Waals surface area contributed by atoms with Crippen molar-refractivity contribution in [3.63, 3.8) is 0 Å². The van der Waals surface area contributed by atoms with Crippen LogP contribution >= 0.6 is 0 Å². The molecule has 3 rings (SSSR count). The van der Waals surface area contributed by atoms with Crippen LogP contribution in [0, 0.1) is 0 Å². The summed E-state index contributed by atoms with van der Waals surface area (Å²) >= 11 is 0. The number of fused-ring (bicyclic) bond motifs is 3. The Morgan fingerprint density at radius 1 is 1.23 bits per heavy atom. The van der Waals surface area contributed by atoms with Crippen LogP contribution in [-0.2, 0) is 20.7 Å². The molecule has 2 heterocycles. The SMILES string of the molecule is CO[C@H]1C(=O)O[C@H](C)c2c(O)c(O)c3c(c21)CCC(C)(C)O3. The van der Waals surface area contributed by atoms with Crippen LogP contribution in [0.4, 0.5) is 0 Å². The third-order valence-electron chi connectivity index (χ3n) is 4.35. The summed E-state index contributed by atoms with van der Waals surface area (Å²) < 4.78 is 16.3. The van der Waals surface area contributed by atoms with Gasteiger partial charge in [-0.3, -0.25) is 0 Å². The van der Waals surface area contributed by atoms with Crippen LogP contribution in [0.1, 0.15) is 56.1 Å². The van der Waals surface area contributed by atoms with E-state index in [0.717, 1.165) is 6.42 Å². The number of ether oxygens (including phenoxy) is 3. The number of carbonyl (C=O) groups is 1. The lowest BCUT2D eigenvalue weighted by Gasteiger charge is -2.38. The van der Waals surface area contributed by atoms with Gasteiger partial charge in [-0.05, 0) is 33.6 Å². The van der Waals surface area contributed by atoms with Crippen LogP contribution in [0.15, 0.2) is 0 Å². The number of carbonyl (C=O) groups excluding carboxylic acids is 1. The normalized spacial score (nSPS) is 25.7. The third-order valence-corrected chi connectivity index (χ3v) is 4.35. The first-order chi connectivity index (χ1) is 10.3. The molecular formula is C16H20O6. The molecule has 0 aliphatic carbocycles. The van der Waals surface area contributed by atoms with Crippen molar-refractivity contribution in [2.24, 2.45) is 0 Å². The smallest absolute Gasteiger partial charge is 0.340 e. The maximum Gasteiger partial charge on any atom is 0.340 e. The lowest BCUT2D eigenvalue weighted by atomic mass is 9.84. The van der Waals surface area contributed by atoms with E-state index in [-0.39, 0.29) is 17.2 Å². The molecule has 2 aliphatic rings. The third kappa shape index (κ3) is 2.01. The standard InChI is InChI=1S/C16H20O6/c1-7-9-10(14(20-4)15(19)21-7)8-5-6-16(2,3)22-13(8)12(18)11(9)17/h7,14,17-18H,5-6H2,1-4H3/t7-,14-/m1/s1. The summed E-state index contributed by atoms with van der Waals surface area (Å²) in [7, 11) is 1.41. The number of hydrogen-bond donors (Lipinski definition) is 2. The summed E-state index contributed by atoms with van der Waals surface area (Å²) in [6.45, 7) is 5.48. The highest BCUT2D eigenvalue weighted by Gasteiger charge is 2.43. The van der Waals surface area contributed by atoms with E-state index < -0.39 is 23.8 Å². The second-order valence-electron chi connectivity index (χ2n) is 6.39. The molecule has 0 radical (unpaired) electrons. The summed E-state index contributed by atoms with van der Waals surface area (Å²) in [5.41, 5.74) is 1.21. The minimum Gasteiger partial charge on any atom is -0.504 e. The van der Waals surface area contributed by atoms with Crippen LogP contribution in [0.5, 0.6) is 17.2 Å². The van der Waals surface area contributed by atoms with Gasteiger partial charge in [-0.2, -0.15) is 0 Å². The molecule has 0 amide bonds. The fraction of sp³-hybridized carbons (Fsp3) is 0.562. The van der Waals surface area contributed by atoms with E-state index in [1.165, 1.54) is 7.11 Å². The first-order valence-corrected chi connectivity index (χ1v) is 7.29. The monoisotopic (exact) mass is 308 g/mol. The molecule has 6 heteroatoms. The zero-order valence-corrected chi connectivity index (χ0v) is 13.1. The van der Waals surface area contributed by atoms with Crippen LogP contribution in [0.3, 0.4) is 0 Å². The predicted octanol–water partition coefficient (Wildman–Crippen LogP) is 2.51. The van der Waals surface area contributed by atoms with E-state index in [1.54, 1.807) is 6.92 Å². The number of methoxy groups -OCH3 is 1. The number of benzene rings is 1. The molecule has 0 saturated heterocycles. The minimum absolute atomic E-state index is 0.233. The van der Waals surface area contributed by atoms with Gasteiger partial charge in [0.05, 0.1) is 0 Å². The Balaban J connectivity index is 2.30. The molecule has 120 valence electrons. The van der Waals surface area contributed by atoms with Crippen LogP contribution in [-0.4, -0.2) is 28.9 Å². The highest BCUT2D eigenvalue weighted by atomic mass is 16.6. The van der Waals surface area contributed by atoms with E-state index in [1.807, 2.05) is 13.8 Å². The minimum atomic E-state index is -0.920. The summed E-state index contributed by atoms with van der Waals surface area (Å²) in [4.78, 5) is 12.1. The number of hydrogen-bond acceptors (Lipinski definition) is 6. The second kappa shape index (κ2) is 4.78. The Kier molecular flexibility index (Phi) is 3.25. The number of aromatic hydroxyl groups is 2. The lowest BCUT2D eigenvalue weighted by Crippen LogP contribution is -2.35. The van der Waals surface area contributed by atoms with Gasteiger partial charge < -0.3 is 24.4 Å². The maximum absolute atomic E-state index is 12.1. The first-order valence-electron chi connectivity index (χ1n) is 7.29. The van der Waals surface area contributed by atoms with Gasteiger partial charge in [0.1, 0.15) is 11.7 Å². The van der Waals surface area contributed by atoms with Crippen molar-refractivity contribution in [2.75, 3.05) is 7.11 Å². The second-order valence-corrected chi connectivity index (χ2v) is 6.39. The van der Waals surface area contributed by atoms with Crippen molar-refractivity contribution in [3.8, 4) is 17.2 Å². The molecule has 1 aromatic carbocycles. The maximum atomic E-state index is 12.1. The van der Waals surface area contributed by atoms with Crippen LogP contribution in [0.25, 0.3) is 0 Å². The van der Waals surface area contributed by atoms with Crippen LogP contribution in [0.2, 0.25) is 0 Å². The van der Waals surface area contributed by atoms with E-state index in [4.69, 9.17) is 14.2 Å². The molecule has 6 nitrogen and oxygen atoms in total. The fourth-order valence-electron chi connectivity index (χ4n) is 3.24. The van der Waals surface area contributed by atoms with Gasteiger partial charge in [0.25, 0.3) is 0 Å². The van der Waals surface area contributed by atoms with Gasteiger partial charge in [-0.1, -0.05) is 0 Å². The average molecular weight is 308 g/mol. The molecule has 1 aromatic rings. The summed E-state index contributed by atoms with van der Waals surface area (Å²) in [5, 5.41) is 20.7.